The van der Waals surface area contributed by atoms with Gasteiger partial charge in [-0.1, -0.05) is 0 Å². The molecule has 0 aliphatic rings. The van der Waals surface area contributed by atoms with E-state index in [0.717, 1.165) is 22.6 Å². The molecule has 1 aromatic carbocycles. The number of thioether (sulfide) groups is 1. The van der Waals surface area contributed by atoms with Crippen LogP contribution in [0.5, 0.6) is 0 Å². The van der Waals surface area contributed by atoms with Crippen LogP contribution in [0.1, 0.15) is 5.56 Å². The van der Waals surface area contributed by atoms with Gasteiger partial charge in [-0.05, 0) is 61.2 Å². The van der Waals surface area contributed by atoms with Crippen molar-refractivity contribution in [1.82, 2.24) is 24.9 Å². The Bertz CT molecular complexity index is 1240. The minimum absolute atomic E-state index is 0.268. The van der Waals surface area contributed by atoms with Gasteiger partial charge >= 0.3 is 6.03 Å². The number of nitrogens with zero attached hydrogens (tertiary/aromatic N) is 4. The van der Waals surface area contributed by atoms with Gasteiger partial charge in [0.1, 0.15) is 17.3 Å². The quantitative estimate of drug-likeness (QED) is 0.438. The second kappa shape index (κ2) is 9.13. The van der Waals surface area contributed by atoms with Crippen molar-refractivity contribution < 1.29 is 9.18 Å². The number of amides is 2. The minimum Gasteiger partial charge on any atom is -0.337 e. The lowest BCUT2D eigenvalue weighted by molar-refractivity contribution is 0.252. The molecular formula is C22H21FN6OS. The van der Waals surface area contributed by atoms with E-state index in [4.69, 9.17) is 4.98 Å². The molecule has 0 bridgehead atoms. The van der Waals surface area contributed by atoms with Crippen molar-refractivity contribution in [2.45, 2.75) is 6.92 Å². The van der Waals surface area contributed by atoms with Gasteiger partial charge in [0.2, 0.25) is 0 Å². The second-order valence-electron chi connectivity index (χ2n) is 6.87. The van der Waals surface area contributed by atoms with E-state index in [1.165, 1.54) is 6.07 Å². The molecule has 9 heteroatoms. The highest BCUT2D eigenvalue weighted by Gasteiger charge is 2.18. The van der Waals surface area contributed by atoms with Gasteiger partial charge in [-0.3, -0.25) is 5.32 Å². The average Bonchev–Trinajstić information content (AvgIpc) is 3.15. The van der Waals surface area contributed by atoms with Crippen LogP contribution in [-0.4, -0.2) is 44.2 Å². The Balaban J connectivity index is 1.75. The molecule has 3 aromatic heterocycles. The molecule has 0 fully saturated rings. The molecule has 0 spiro atoms. The number of pyridine rings is 1. The van der Waals surface area contributed by atoms with E-state index in [1.54, 1.807) is 53.8 Å². The Morgan fingerprint density at radius 3 is 2.84 bits per heavy atom. The number of halogens is 1. The number of nitrogens with one attached hydrogen (secondary N) is 2. The topological polar surface area (TPSA) is 84.2 Å². The molecule has 0 saturated carbocycles. The number of benzene rings is 1. The zero-order valence-electron chi connectivity index (χ0n) is 17.1. The Morgan fingerprint density at radius 2 is 2.03 bits per heavy atom. The van der Waals surface area contributed by atoms with E-state index >= 15 is 0 Å². The maximum Gasteiger partial charge on any atom is 0.320 e. The molecule has 4 rings (SSSR count). The monoisotopic (exact) mass is 436 g/mol. The Kier molecular flexibility index (Phi) is 6.13. The molecule has 7 nitrogen and oxygen atoms in total. The smallest absolute Gasteiger partial charge is 0.320 e. The fourth-order valence-electron chi connectivity index (χ4n) is 3.21. The second-order valence-corrected chi connectivity index (χ2v) is 7.86. The van der Waals surface area contributed by atoms with Gasteiger partial charge in [0.05, 0.1) is 5.69 Å². The van der Waals surface area contributed by atoms with Crippen LogP contribution >= 0.6 is 11.8 Å². The largest absolute Gasteiger partial charge is 0.337 e. The Labute approximate surface area is 183 Å². The summed E-state index contributed by atoms with van der Waals surface area (Å²) in [5.74, 6) is 0.968. The molecule has 0 atom stereocenters. The van der Waals surface area contributed by atoms with Crippen LogP contribution in [0, 0.1) is 12.7 Å². The SMILES string of the molecule is CSCCNC(=O)Nc1cc(-c2c(-c3ccc(F)c(C)c3)nc3cccnn23)ccn1. The predicted octanol–water partition coefficient (Wildman–Crippen LogP) is 4.39. The molecule has 0 aliphatic heterocycles. The molecule has 3 heterocycles. The van der Waals surface area contributed by atoms with Gasteiger partial charge in [-0.15, -0.1) is 0 Å². The van der Waals surface area contributed by atoms with Crippen LogP contribution < -0.4 is 10.6 Å². The summed E-state index contributed by atoms with van der Waals surface area (Å²) in [5, 5.41) is 9.99. The summed E-state index contributed by atoms with van der Waals surface area (Å²) < 4.78 is 15.6. The van der Waals surface area contributed by atoms with Crippen molar-refractivity contribution >= 4 is 29.3 Å². The van der Waals surface area contributed by atoms with Gasteiger partial charge in [0.15, 0.2) is 5.65 Å². The van der Waals surface area contributed by atoms with Crippen molar-refractivity contribution in [3.8, 4) is 22.5 Å². The van der Waals surface area contributed by atoms with Crippen molar-refractivity contribution in [1.29, 1.82) is 0 Å². The molecule has 0 radical (unpaired) electrons. The normalized spacial score (nSPS) is 10.9. The van der Waals surface area contributed by atoms with Crippen LogP contribution in [0.3, 0.4) is 0 Å². The lowest BCUT2D eigenvalue weighted by atomic mass is 10.0. The lowest BCUT2D eigenvalue weighted by Gasteiger charge is -2.09. The first-order chi connectivity index (χ1) is 15.1. The van der Waals surface area contributed by atoms with Gasteiger partial charge in [-0.25, -0.2) is 23.7 Å². The zero-order chi connectivity index (χ0) is 21.8. The highest BCUT2D eigenvalue weighted by Crippen LogP contribution is 2.33. The number of hydrogen-bond donors (Lipinski definition) is 2. The number of urea groups is 1. The third-order valence-electron chi connectivity index (χ3n) is 4.69. The van der Waals surface area contributed by atoms with Gasteiger partial charge < -0.3 is 5.32 Å². The number of imidazole rings is 1. The summed E-state index contributed by atoms with van der Waals surface area (Å²) in [7, 11) is 0. The molecule has 2 amide bonds. The summed E-state index contributed by atoms with van der Waals surface area (Å²) in [5.41, 5.74) is 4.15. The van der Waals surface area contributed by atoms with Gasteiger partial charge in [-0.2, -0.15) is 16.9 Å². The van der Waals surface area contributed by atoms with Gasteiger partial charge in [0.25, 0.3) is 0 Å². The number of hydrogen-bond acceptors (Lipinski definition) is 5. The maximum atomic E-state index is 13.8. The summed E-state index contributed by atoms with van der Waals surface area (Å²) in [4.78, 5) is 21.1. The standard InChI is InChI=1S/C22H21FN6OS/c1-14-12-15(5-6-17(14)23)20-21(29-19(28-20)4-3-8-26-29)16-7-9-24-18(13-16)27-22(30)25-10-11-31-2/h3-9,12-13H,10-11H2,1-2H3,(H2,24,25,27,30). The zero-order valence-corrected chi connectivity index (χ0v) is 17.9. The van der Waals surface area contributed by atoms with Crippen molar-refractivity contribution in [2.24, 2.45) is 0 Å². The van der Waals surface area contributed by atoms with Crippen molar-refractivity contribution in [2.75, 3.05) is 23.9 Å². The van der Waals surface area contributed by atoms with Crippen molar-refractivity contribution in [3.05, 3.63) is 66.2 Å². The lowest BCUT2D eigenvalue weighted by Crippen LogP contribution is -2.30. The predicted molar refractivity (Wildman–Crippen MR) is 122 cm³/mol. The molecule has 158 valence electrons. The molecule has 0 unspecified atom stereocenters. The summed E-state index contributed by atoms with van der Waals surface area (Å²) >= 11 is 1.65. The molecular weight excluding hydrogens is 415 g/mol. The fraction of sp³-hybridized carbons (Fsp3) is 0.182. The Hall–Kier alpha value is -3.46. The van der Waals surface area contributed by atoms with Crippen LogP contribution in [0.25, 0.3) is 28.2 Å². The van der Waals surface area contributed by atoms with Gasteiger partial charge in [0, 0.05) is 35.8 Å². The summed E-state index contributed by atoms with van der Waals surface area (Å²) in [6.07, 6.45) is 5.28. The average molecular weight is 437 g/mol. The van der Waals surface area contributed by atoms with E-state index < -0.39 is 0 Å². The third kappa shape index (κ3) is 4.51. The number of carbonyl (C=O) groups excluding carboxylic acids is 1. The molecule has 0 aliphatic carbocycles. The number of fused-ring (bicyclic) bond motifs is 1. The minimum atomic E-state index is -0.315. The Morgan fingerprint density at radius 1 is 1.16 bits per heavy atom. The first-order valence-electron chi connectivity index (χ1n) is 9.67. The fourth-order valence-corrected chi connectivity index (χ4v) is 3.52. The van der Waals surface area contributed by atoms with Crippen LogP contribution in [0.2, 0.25) is 0 Å². The number of aryl methyl sites for hydroxylation is 1. The first kappa shape index (κ1) is 20.8. The molecule has 0 saturated heterocycles. The molecule has 31 heavy (non-hydrogen) atoms. The van der Waals surface area contributed by atoms with Crippen molar-refractivity contribution in [3.63, 3.8) is 0 Å². The maximum absolute atomic E-state index is 13.8. The number of aromatic nitrogens is 4. The van der Waals surface area contributed by atoms with E-state index in [9.17, 15) is 9.18 Å². The first-order valence-corrected chi connectivity index (χ1v) is 11.1. The van der Waals surface area contributed by atoms with Crippen LogP contribution in [0.4, 0.5) is 15.0 Å². The third-order valence-corrected chi connectivity index (χ3v) is 5.30. The number of rotatable bonds is 6. The highest BCUT2D eigenvalue weighted by molar-refractivity contribution is 7.98. The van der Waals surface area contributed by atoms with Crippen LogP contribution in [-0.2, 0) is 0 Å². The van der Waals surface area contributed by atoms with E-state index in [2.05, 4.69) is 20.7 Å². The van der Waals surface area contributed by atoms with E-state index in [-0.39, 0.29) is 11.8 Å². The summed E-state index contributed by atoms with van der Waals surface area (Å²) in [6, 6.07) is 11.9. The number of anilines is 1. The highest BCUT2D eigenvalue weighted by atomic mass is 32.2. The molecule has 4 aromatic rings. The van der Waals surface area contributed by atoms with E-state index in [0.29, 0.717) is 29.3 Å². The molecule has 2 N–H and O–H groups in total. The van der Waals surface area contributed by atoms with Crippen LogP contribution in [0.15, 0.2) is 54.9 Å². The number of carbonyl (C=O) groups is 1. The van der Waals surface area contributed by atoms with E-state index in [1.807, 2.05) is 24.5 Å². The summed E-state index contributed by atoms with van der Waals surface area (Å²) in [6.45, 7) is 2.29.